The first-order chi connectivity index (χ1) is 10.8. The number of hydrogen-bond acceptors (Lipinski definition) is 3. The summed E-state index contributed by atoms with van der Waals surface area (Å²) in [6.45, 7) is 4.29. The van der Waals surface area contributed by atoms with Gasteiger partial charge < -0.3 is 4.98 Å². The van der Waals surface area contributed by atoms with Crippen molar-refractivity contribution in [3.8, 4) is 0 Å². The highest BCUT2D eigenvalue weighted by Crippen LogP contribution is 2.34. The van der Waals surface area contributed by atoms with Gasteiger partial charge in [0, 0.05) is 13.1 Å². The Hall–Kier alpha value is -1.89. The largest absolute Gasteiger partial charge is 0.418 e. The Morgan fingerprint density at radius 2 is 2.17 bits per heavy atom. The predicted molar refractivity (Wildman–Crippen MR) is 81.0 cm³/mol. The maximum atomic E-state index is 13.3. The lowest BCUT2D eigenvalue weighted by Crippen LogP contribution is -2.33. The van der Waals surface area contributed by atoms with Crippen LogP contribution in [0, 0.1) is 5.92 Å². The van der Waals surface area contributed by atoms with E-state index in [0.29, 0.717) is 18.0 Å². The van der Waals surface area contributed by atoms with E-state index in [9.17, 15) is 18.0 Å². The van der Waals surface area contributed by atoms with E-state index in [4.69, 9.17) is 0 Å². The minimum absolute atomic E-state index is 0.0117. The molecule has 2 aromatic rings. The van der Waals surface area contributed by atoms with Crippen molar-refractivity contribution in [1.82, 2.24) is 14.9 Å². The van der Waals surface area contributed by atoms with Crippen LogP contribution in [0.3, 0.4) is 0 Å². The van der Waals surface area contributed by atoms with Crippen LogP contribution in [0.25, 0.3) is 10.9 Å². The van der Waals surface area contributed by atoms with Crippen molar-refractivity contribution in [3.05, 3.63) is 39.9 Å². The number of rotatable bonds is 2. The molecular formula is C16H18F3N3O. The molecule has 2 heterocycles. The fourth-order valence-electron chi connectivity index (χ4n) is 3.24. The Labute approximate surface area is 131 Å². The number of aromatic amines is 1. The summed E-state index contributed by atoms with van der Waals surface area (Å²) in [5, 5.41) is -0.0117. The van der Waals surface area contributed by atoms with E-state index >= 15 is 0 Å². The summed E-state index contributed by atoms with van der Waals surface area (Å²) >= 11 is 0. The van der Waals surface area contributed by atoms with Crippen molar-refractivity contribution in [3.63, 3.8) is 0 Å². The van der Waals surface area contributed by atoms with Crippen LogP contribution in [0.1, 0.15) is 30.9 Å². The first kappa shape index (κ1) is 16.0. The minimum Gasteiger partial charge on any atom is -0.313 e. The Morgan fingerprint density at radius 1 is 1.39 bits per heavy atom. The van der Waals surface area contributed by atoms with Crippen molar-refractivity contribution >= 4 is 10.9 Å². The van der Waals surface area contributed by atoms with Gasteiger partial charge in [-0.25, -0.2) is 4.98 Å². The molecule has 0 unspecified atom stereocenters. The highest BCUT2D eigenvalue weighted by atomic mass is 19.4. The molecule has 1 aromatic carbocycles. The van der Waals surface area contributed by atoms with E-state index in [1.807, 2.05) is 0 Å². The highest BCUT2D eigenvalue weighted by molar-refractivity contribution is 5.82. The monoisotopic (exact) mass is 325 g/mol. The van der Waals surface area contributed by atoms with Gasteiger partial charge in [-0.1, -0.05) is 6.92 Å². The Balaban J connectivity index is 2.04. The van der Waals surface area contributed by atoms with Gasteiger partial charge in [0.15, 0.2) is 0 Å². The third-order valence-electron chi connectivity index (χ3n) is 4.26. The van der Waals surface area contributed by atoms with E-state index in [-0.39, 0.29) is 10.9 Å². The zero-order valence-corrected chi connectivity index (χ0v) is 12.8. The van der Waals surface area contributed by atoms with Gasteiger partial charge in [-0.15, -0.1) is 0 Å². The first-order valence-electron chi connectivity index (χ1n) is 7.64. The van der Waals surface area contributed by atoms with Crippen LogP contribution in [0.15, 0.2) is 23.3 Å². The lowest BCUT2D eigenvalue weighted by Gasteiger charge is -2.31. The van der Waals surface area contributed by atoms with Crippen LogP contribution in [0.2, 0.25) is 0 Å². The molecule has 1 aliphatic rings. The summed E-state index contributed by atoms with van der Waals surface area (Å²) in [5.74, 6) is 0.538. The molecular weight excluding hydrogens is 307 g/mol. The number of piperidine rings is 1. The van der Waals surface area contributed by atoms with Crippen LogP contribution < -0.4 is 5.56 Å². The van der Waals surface area contributed by atoms with Gasteiger partial charge in [0.2, 0.25) is 0 Å². The van der Waals surface area contributed by atoms with Crippen molar-refractivity contribution in [2.75, 3.05) is 13.1 Å². The second-order valence-electron chi connectivity index (χ2n) is 6.25. The molecule has 0 radical (unpaired) electrons. The summed E-state index contributed by atoms with van der Waals surface area (Å²) in [4.78, 5) is 20.1. The molecule has 1 fully saturated rings. The molecule has 1 N–H and O–H groups in total. The topological polar surface area (TPSA) is 49.0 Å². The maximum Gasteiger partial charge on any atom is 0.418 e. The third-order valence-corrected chi connectivity index (χ3v) is 4.26. The van der Waals surface area contributed by atoms with E-state index in [1.165, 1.54) is 6.07 Å². The SMILES string of the molecule is C[C@H]1CCCN(Cc2cc(C(F)(F)F)c3nc[nH]c(=O)c3c2)C1. The molecule has 0 amide bonds. The van der Waals surface area contributed by atoms with Crippen LogP contribution in [0.5, 0.6) is 0 Å². The van der Waals surface area contributed by atoms with Crippen molar-refractivity contribution in [2.24, 2.45) is 5.92 Å². The van der Waals surface area contributed by atoms with Crippen LogP contribution in [0.4, 0.5) is 13.2 Å². The fourth-order valence-corrected chi connectivity index (χ4v) is 3.24. The quantitative estimate of drug-likeness (QED) is 0.922. The number of alkyl halides is 3. The highest BCUT2D eigenvalue weighted by Gasteiger charge is 2.34. The van der Waals surface area contributed by atoms with Crippen molar-refractivity contribution in [1.29, 1.82) is 0 Å². The maximum absolute atomic E-state index is 13.3. The Bertz CT molecular complexity index is 769. The van der Waals surface area contributed by atoms with Crippen molar-refractivity contribution < 1.29 is 13.2 Å². The molecule has 7 heteroatoms. The second-order valence-corrected chi connectivity index (χ2v) is 6.25. The smallest absolute Gasteiger partial charge is 0.313 e. The number of fused-ring (bicyclic) bond motifs is 1. The summed E-state index contributed by atoms with van der Waals surface area (Å²) in [6.07, 6.45) is -1.34. The van der Waals surface area contributed by atoms with E-state index in [2.05, 4.69) is 21.8 Å². The number of benzene rings is 1. The normalized spacial score (nSPS) is 20.1. The number of aromatic nitrogens is 2. The Kier molecular flexibility index (Phi) is 4.14. The average Bonchev–Trinajstić information content (AvgIpc) is 2.46. The molecule has 4 nitrogen and oxygen atoms in total. The number of nitrogens with zero attached hydrogens (tertiary/aromatic N) is 2. The minimum atomic E-state index is -4.54. The summed E-state index contributed by atoms with van der Waals surface area (Å²) in [7, 11) is 0. The molecule has 1 saturated heterocycles. The van der Waals surface area contributed by atoms with Gasteiger partial charge in [-0.2, -0.15) is 13.2 Å². The predicted octanol–water partition coefficient (Wildman–Crippen LogP) is 3.17. The summed E-state index contributed by atoms with van der Waals surface area (Å²) in [5.41, 5.74) is -1.19. The molecule has 0 aliphatic carbocycles. The van der Waals surface area contributed by atoms with Gasteiger partial charge in [0.25, 0.3) is 5.56 Å². The number of H-pyrrole nitrogens is 1. The standard InChI is InChI=1S/C16H18F3N3O/c1-10-3-2-4-22(7-10)8-11-5-12-14(20-9-21-15(12)23)13(6-11)16(17,18)19/h5-6,9-10H,2-4,7-8H2,1H3,(H,20,21,23)/t10-/m0/s1. The zero-order valence-electron chi connectivity index (χ0n) is 12.8. The number of nitrogens with one attached hydrogen (secondary N) is 1. The van der Waals surface area contributed by atoms with E-state index in [1.54, 1.807) is 0 Å². The van der Waals surface area contributed by atoms with Crippen LogP contribution in [-0.2, 0) is 12.7 Å². The Morgan fingerprint density at radius 3 is 2.87 bits per heavy atom. The molecule has 1 aliphatic heterocycles. The lowest BCUT2D eigenvalue weighted by atomic mass is 9.99. The van der Waals surface area contributed by atoms with Gasteiger partial charge in [0.05, 0.1) is 22.8 Å². The van der Waals surface area contributed by atoms with Crippen LogP contribution >= 0.6 is 0 Å². The van der Waals surface area contributed by atoms with Gasteiger partial charge >= 0.3 is 6.18 Å². The van der Waals surface area contributed by atoms with Gasteiger partial charge in [-0.05, 0) is 43.0 Å². The molecule has 3 rings (SSSR count). The van der Waals surface area contributed by atoms with E-state index < -0.39 is 17.3 Å². The van der Waals surface area contributed by atoms with Gasteiger partial charge in [-0.3, -0.25) is 9.69 Å². The summed E-state index contributed by atoms with van der Waals surface area (Å²) in [6, 6.07) is 2.64. The molecule has 1 aromatic heterocycles. The van der Waals surface area contributed by atoms with Crippen molar-refractivity contribution in [2.45, 2.75) is 32.5 Å². The number of likely N-dealkylation sites (tertiary alicyclic amines) is 1. The molecule has 0 saturated carbocycles. The summed E-state index contributed by atoms with van der Waals surface area (Å²) < 4.78 is 39.9. The molecule has 23 heavy (non-hydrogen) atoms. The first-order valence-corrected chi connectivity index (χ1v) is 7.64. The molecule has 0 bridgehead atoms. The van der Waals surface area contributed by atoms with E-state index in [0.717, 1.165) is 38.3 Å². The zero-order chi connectivity index (χ0) is 16.6. The second kappa shape index (κ2) is 5.96. The average molecular weight is 325 g/mol. The number of halogens is 3. The fraction of sp³-hybridized carbons (Fsp3) is 0.500. The third kappa shape index (κ3) is 3.39. The van der Waals surface area contributed by atoms with Gasteiger partial charge in [0.1, 0.15) is 0 Å². The molecule has 124 valence electrons. The molecule has 1 atom stereocenters. The molecule has 0 spiro atoms. The lowest BCUT2D eigenvalue weighted by molar-refractivity contribution is -0.136. The number of hydrogen-bond donors (Lipinski definition) is 1. The van der Waals surface area contributed by atoms with Crippen LogP contribution in [-0.4, -0.2) is 28.0 Å².